The molecule has 0 saturated heterocycles. The zero-order chi connectivity index (χ0) is 8.74. The minimum Gasteiger partial charge on any atom is -0.468 e. The first-order chi connectivity index (χ1) is 5.18. The molecule has 0 bridgehead atoms. The second kappa shape index (κ2) is 6.16. The van der Waals surface area contributed by atoms with Gasteiger partial charge in [0.05, 0.1) is 0 Å². The van der Waals surface area contributed by atoms with Gasteiger partial charge in [0.1, 0.15) is 20.2 Å². The van der Waals surface area contributed by atoms with E-state index in [9.17, 15) is 0 Å². The Morgan fingerprint density at radius 2 is 1.91 bits per heavy atom. The highest BCUT2D eigenvalue weighted by molar-refractivity contribution is 6.79. The molecule has 0 aromatic heterocycles. The molecule has 68 valence electrons. The van der Waals surface area contributed by atoms with Crippen LogP contribution < -0.4 is 0 Å². The highest BCUT2D eigenvalue weighted by Gasteiger charge is 2.20. The number of hydrogen-bond donors (Lipinski definition) is 0. The van der Waals surface area contributed by atoms with Gasteiger partial charge in [-0.1, -0.05) is 38.5 Å². The summed E-state index contributed by atoms with van der Waals surface area (Å²) >= 11 is 0. The molecule has 0 heterocycles. The lowest BCUT2D eigenvalue weighted by molar-refractivity contribution is 0.662. The van der Waals surface area contributed by atoms with E-state index < -0.39 is 8.07 Å². The van der Waals surface area contributed by atoms with Crippen LogP contribution in [0, 0.1) is 0 Å². The third-order valence-electron chi connectivity index (χ3n) is 2.84. The SMILES string of the molecule is CC[Si](C)(CC)CC[SiH2]O[SiH3]. The molecule has 0 aromatic rings. The van der Waals surface area contributed by atoms with Crippen molar-refractivity contribution in [2.24, 2.45) is 0 Å². The summed E-state index contributed by atoms with van der Waals surface area (Å²) in [5, 5.41) is 0. The highest BCUT2D eigenvalue weighted by atomic mass is 28.3. The summed E-state index contributed by atoms with van der Waals surface area (Å²) in [5.41, 5.74) is 0. The van der Waals surface area contributed by atoms with E-state index in [0.717, 1.165) is 10.5 Å². The lowest BCUT2D eigenvalue weighted by Crippen LogP contribution is -2.27. The van der Waals surface area contributed by atoms with Crippen molar-refractivity contribution in [3.05, 3.63) is 0 Å². The molecule has 1 nitrogen and oxygen atoms in total. The zero-order valence-corrected chi connectivity index (χ0v) is 12.9. The Hall–Kier alpha value is 0.611. The van der Waals surface area contributed by atoms with Crippen molar-refractivity contribution in [3.8, 4) is 0 Å². The van der Waals surface area contributed by atoms with Crippen molar-refractivity contribution in [2.45, 2.75) is 44.6 Å². The van der Waals surface area contributed by atoms with Gasteiger partial charge in [0.25, 0.3) is 0 Å². The number of rotatable bonds is 6. The Morgan fingerprint density at radius 3 is 2.27 bits per heavy atom. The zero-order valence-electron chi connectivity index (χ0n) is 8.44. The lowest BCUT2D eigenvalue weighted by Gasteiger charge is -2.23. The fraction of sp³-hybridized carbons (Fsp3) is 1.00. The van der Waals surface area contributed by atoms with Crippen LogP contribution in [-0.2, 0) is 4.12 Å². The summed E-state index contributed by atoms with van der Waals surface area (Å²) in [6, 6.07) is 5.88. The first kappa shape index (κ1) is 11.6. The quantitative estimate of drug-likeness (QED) is 0.464. The Bertz CT molecular complexity index is 93.7. The summed E-state index contributed by atoms with van der Waals surface area (Å²) in [5.74, 6) is 0. The second-order valence-electron chi connectivity index (χ2n) is 3.61. The molecule has 4 heteroatoms. The predicted molar refractivity (Wildman–Crippen MR) is 61.8 cm³/mol. The number of hydrogen-bond acceptors (Lipinski definition) is 1. The van der Waals surface area contributed by atoms with Crippen LogP contribution in [0.15, 0.2) is 0 Å². The van der Waals surface area contributed by atoms with Gasteiger partial charge in [-0.15, -0.1) is 0 Å². The minimum absolute atomic E-state index is 0.0803. The van der Waals surface area contributed by atoms with Crippen molar-refractivity contribution in [2.75, 3.05) is 0 Å². The molecular formula is C7H22OSi3. The van der Waals surface area contributed by atoms with E-state index in [2.05, 4.69) is 20.4 Å². The van der Waals surface area contributed by atoms with E-state index in [4.69, 9.17) is 4.12 Å². The van der Waals surface area contributed by atoms with Gasteiger partial charge < -0.3 is 4.12 Å². The van der Waals surface area contributed by atoms with Crippen LogP contribution in [0.4, 0.5) is 0 Å². The van der Waals surface area contributed by atoms with Gasteiger partial charge in [-0.2, -0.15) is 0 Å². The molecule has 0 atom stereocenters. The van der Waals surface area contributed by atoms with Gasteiger partial charge in [0.15, 0.2) is 0 Å². The van der Waals surface area contributed by atoms with Crippen LogP contribution in [0.1, 0.15) is 13.8 Å². The van der Waals surface area contributed by atoms with E-state index in [1.807, 2.05) is 0 Å². The Labute approximate surface area is 77.4 Å². The first-order valence-electron chi connectivity index (χ1n) is 4.67. The van der Waals surface area contributed by atoms with Crippen LogP contribution in [0.2, 0.25) is 30.7 Å². The van der Waals surface area contributed by atoms with Crippen molar-refractivity contribution in [3.63, 3.8) is 0 Å². The summed E-state index contributed by atoms with van der Waals surface area (Å²) in [4.78, 5) is 0. The molecule has 0 fully saturated rings. The van der Waals surface area contributed by atoms with Crippen LogP contribution in [0.5, 0.6) is 0 Å². The molecular weight excluding hydrogens is 184 g/mol. The van der Waals surface area contributed by atoms with Crippen LogP contribution in [-0.4, -0.2) is 28.3 Å². The van der Waals surface area contributed by atoms with E-state index in [1.165, 1.54) is 24.2 Å². The minimum atomic E-state index is -0.764. The molecule has 0 spiro atoms. The highest BCUT2D eigenvalue weighted by Crippen LogP contribution is 2.21. The fourth-order valence-corrected chi connectivity index (χ4v) is 7.60. The Balaban J connectivity index is 3.51. The van der Waals surface area contributed by atoms with E-state index in [-0.39, 0.29) is 9.76 Å². The molecule has 0 aliphatic carbocycles. The lowest BCUT2D eigenvalue weighted by atomic mass is 10.9. The van der Waals surface area contributed by atoms with E-state index >= 15 is 0 Å². The van der Waals surface area contributed by atoms with Crippen molar-refractivity contribution < 1.29 is 4.12 Å². The molecule has 0 aromatic carbocycles. The van der Waals surface area contributed by atoms with Gasteiger partial charge in [0, 0.05) is 8.07 Å². The molecule has 0 radical (unpaired) electrons. The molecule has 0 rings (SSSR count). The van der Waals surface area contributed by atoms with Gasteiger partial charge in [-0.3, -0.25) is 0 Å². The summed E-state index contributed by atoms with van der Waals surface area (Å²) < 4.78 is 5.33. The smallest absolute Gasteiger partial charge is 0.145 e. The third-order valence-corrected chi connectivity index (χ3v) is 10.8. The largest absolute Gasteiger partial charge is 0.468 e. The van der Waals surface area contributed by atoms with Crippen molar-refractivity contribution >= 4 is 28.3 Å². The molecule has 0 unspecified atom stereocenters. The summed E-state index contributed by atoms with van der Waals surface area (Å²) in [7, 11) is 0.126. The average Bonchev–Trinajstić information content (AvgIpc) is 2.05. The van der Waals surface area contributed by atoms with E-state index in [1.54, 1.807) is 0 Å². The fourth-order valence-electron chi connectivity index (χ4n) is 1.25. The molecule has 0 aliphatic heterocycles. The molecule has 0 saturated carbocycles. The van der Waals surface area contributed by atoms with Crippen LogP contribution in [0.25, 0.3) is 0 Å². The maximum Gasteiger partial charge on any atom is 0.145 e. The monoisotopic (exact) mass is 206 g/mol. The topological polar surface area (TPSA) is 9.23 Å². The van der Waals surface area contributed by atoms with Gasteiger partial charge in [-0.05, 0) is 6.04 Å². The van der Waals surface area contributed by atoms with Gasteiger partial charge in [-0.25, -0.2) is 0 Å². The van der Waals surface area contributed by atoms with Gasteiger partial charge in [0.2, 0.25) is 0 Å². The van der Waals surface area contributed by atoms with Gasteiger partial charge >= 0.3 is 0 Å². The Kier molecular flexibility index (Phi) is 6.50. The van der Waals surface area contributed by atoms with Crippen LogP contribution in [0.3, 0.4) is 0 Å². The molecule has 0 N–H and O–H groups in total. The Morgan fingerprint density at radius 1 is 1.36 bits per heavy atom. The third kappa shape index (κ3) is 4.95. The molecule has 0 amide bonds. The standard InChI is InChI=1S/C7H22OSi3/c1-4-11(3,5-2)7-6-10-8-9/h4-7,10H2,1-3,9H3. The maximum atomic E-state index is 5.33. The normalized spacial score (nSPS) is 13.4. The summed E-state index contributed by atoms with van der Waals surface area (Å²) in [6.07, 6.45) is 0. The second-order valence-corrected chi connectivity index (χ2v) is 12.6. The van der Waals surface area contributed by atoms with Crippen LogP contribution >= 0.6 is 0 Å². The average molecular weight is 207 g/mol. The van der Waals surface area contributed by atoms with Crippen molar-refractivity contribution in [1.82, 2.24) is 0 Å². The van der Waals surface area contributed by atoms with Crippen molar-refractivity contribution in [1.29, 1.82) is 0 Å². The maximum absolute atomic E-state index is 5.33. The van der Waals surface area contributed by atoms with E-state index in [0.29, 0.717) is 0 Å². The molecule has 0 aliphatic rings. The predicted octanol–water partition coefficient (Wildman–Crippen LogP) is 0.904. The summed E-state index contributed by atoms with van der Waals surface area (Å²) in [6.45, 7) is 7.26. The first-order valence-corrected chi connectivity index (χ1v) is 10.2. The molecule has 11 heavy (non-hydrogen) atoms.